The van der Waals surface area contributed by atoms with E-state index < -0.39 is 0 Å². The molecule has 1 aromatic carbocycles. The molecule has 0 amide bonds. The molecule has 1 aromatic heterocycles. The highest BCUT2D eigenvalue weighted by Gasteiger charge is 2.25. The first-order valence-corrected chi connectivity index (χ1v) is 7.75. The number of ether oxygens (including phenoxy) is 1. The summed E-state index contributed by atoms with van der Waals surface area (Å²) in [5.41, 5.74) is -0.0504. The van der Waals surface area contributed by atoms with Gasteiger partial charge < -0.3 is 15.0 Å². The highest BCUT2D eigenvalue weighted by Crippen LogP contribution is 2.29. The molecule has 3 rings (SSSR count). The number of aromatic nitrogens is 1. The van der Waals surface area contributed by atoms with Gasteiger partial charge in [-0.1, -0.05) is 6.92 Å². The van der Waals surface area contributed by atoms with Gasteiger partial charge >= 0.3 is 0 Å². The Hall–Kier alpha value is -1.81. The average Bonchev–Trinajstić information content (AvgIpc) is 2.93. The SMILES string of the molecule is CCNC[C@@H]1CC[C@H](Oc2ccc3c(=O)[nH]ccc3c2)C1. The third kappa shape index (κ3) is 3.27. The Balaban J connectivity index is 1.67. The quantitative estimate of drug-likeness (QED) is 0.888. The van der Waals surface area contributed by atoms with Gasteiger partial charge in [-0.2, -0.15) is 0 Å². The largest absolute Gasteiger partial charge is 0.490 e. The molecule has 0 radical (unpaired) electrons. The standard InChI is InChI=1S/C17H22N2O2/c1-2-18-11-12-3-4-14(9-12)21-15-5-6-16-13(10-15)7-8-19-17(16)20/h5-8,10,12,14,18H,2-4,9,11H2,1H3,(H,19,20)/t12-,14+/m1/s1. The maximum Gasteiger partial charge on any atom is 0.255 e. The summed E-state index contributed by atoms with van der Waals surface area (Å²) in [5.74, 6) is 1.58. The summed E-state index contributed by atoms with van der Waals surface area (Å²) >= 11 is 0. The van der Waals surface area contributed by atoms with Crippen molar-refractivity contribution in [1.29, 1.82) is 0 Å². The summed E-state index contributed by atoms with van der Waals surface area (Å²) in [6, 6.07) is 7.61. The lowest BCUT2D eigenvalue weighted by Crippen LogP contribution is -2.22. The number of rotatable bonds is 5. The molecule has 0 bridgehead atoms. The highest BCUT2D eigenvalue weighted by molar-refractivity contribution is 5.82. The summed E-state index contributed by atoms with van der Waals surface area (Å²) < 4.78 is 6.09. The summed E-state index contributed by atoms with van der Waals surface area (Å²) in [6.45, 7) is 4.25. The molecule has 1 saturated carbocycles. The van der Waals surface area contributed by atoms with E-state index in [1.165, 1.54) is 6.42 Å². The predicted molar refractivity (Wildman–Crippen MR) is 84.9 cm³/mol. The first-order valence-electron chi connectivity index (χ1n) is 7.75. The molecule has 2 N–H and O–H groups in total. The lowest BCUT2D eigenvalue weighted by molar-refractivity contribution is 0.204. The summed E-state index contributed by atoms with van der Waals surface area (Å²) in [5, 5.41) is 5.05. The maximum atomic E-state index is 11.7. The van der Waals surface area contributed by atoms with Crippen LogP contribution in [0.4, 0.5) is 0 Å². The van der Waals surface area contributed by atoms with Gasteiger partial charge in [-0.15, -0.1) is 0 Å². The van der Waals surface area contributed by atoms with Crippen molar-refractivity contribution in [2.24, 2.45) is 5.92 Å². The van der Waals surface area contributed by atoms with Crippen LogP contribution in [-0.2, 0) is 0 Å². The Kier molecular flexibility index (Phi) is 4.25. The topological polar surface area (TPSA) is 54.1 Å². The summed E-state index contributed by atoms with van der Waals surface area (Å²) in [6.07, 6.45) is 5.43. The van der Waals surface area contributed by atoms with Gasteiger partial charge in [0.05, 0.1) is 6.10 Å². The number of benzene rings is 1. The minimum absolute atomic E-state index is 0.0504. The molecular formula is C17H22N2O2. The zero-order valence-electron chi connectivity index (χ0n) is 12.4. The fourth-order valence-corrected chi connectivity index (χ4v) is 3.11. The Morgan fingerprint density at radius 3 is 3.10 bits per heavy atom. The van der Waals surface area contributed by atoms with Crippen LogP contribution in [0.2, 0.25) is 0 Å². The number of pyridine rings is 1. The zero-order valence-corrected chi connectivity index (χ0v) is 12.4. The van der Waals surface area contributed by atoms with Gasteiger partial charge in [0.25, 0.3) is 5.56 Å². The van der Waals surface area contributed by atoms with Gasteiger partial charge in [0.2, 0.25) is 0 Å². The molecule has 1 heterocycles. The van der Waals surface area contributed by atoms with Crippen LogP contribution in [0.3, 0.4) is 0 Å². The lowest BCUT2D eigenvalue weighted by Gasteiger charge is -2.15. The number of aromatic amines is 1. The predicted octanol–water partition coefficient (Wildman–Crippen LogP) is 2.69. The van der Waals surface area contributed by atoms with E-state index >= 15 is 0 Å². The third-order valence-corrected chi connectivity index (χ3v) is 4.22. The first-order chi connectivity index (χ1) is 10.3. The normalized spacial score (nSPS) is 21.8. The van der Waals surface area contributed by atoms with E-state index in [2.05, 4.69) is 17.2 Å². The Bertz CT molecular complexity index is 665. The van der Waals surface area contributed by atoms with Gasteiger partial charge in [-0.3, -0.25) is 4.79 Å². The molecule has 21 heavy (non-hydrogen) atoms. The van der Waals surface area contributed by atoms with Crippen molar-refractivity contribution in [3.05, 3.63) is 40.8 Å². The Morgan fingerprint density at radius 2 is 2.24 bits per heavy atom. The van der Waals surface area contributed by atoms with E-state index in [1.54, 1.807) is 6.20 Å². The Morgan fingerprint density at radius 1 is 1.33 bits per heavy atom. The number of hydrogen-bond donors (Lipinski definition) is 2. The van der Waals surface area contributed by atoms with Gasteiger partial charge in [0.1, 0.15) is 5.75 Å². The first kappa shape index (κ1) is 14.1. The smallest absolute Gasteiger partial charge is 0.255 e. The van der Waals surface area contributed by atoms with Crippen molar-refractivity contribution in [3.8, 4) is 5.75 Å². The second-order valence-corrected chi connectivity index (χ2v) is 5.78. The van der Waals surface area contributed by atoms with Crippen molar-refractivity contribution >= 4 is 10.8 Å². The van der Waals surface area contributed by atoms with E-state index in [0.717, 1.165) is 43.0 Å². The molecule has 1 aliphatic carbocycles. The van der Waals surface area contributed by atoms with Crippen molar-refractivity contribution < 1.29 is 4.74 Å². The molecule has 112 valence electrons. The molecule has 4 nitrogen and oxygen atoms in total. The molecule has 2 atom stereocenters. The van der Waals surface area contributed by atoms with Crippen LogP contribution in [-0.4, -0.2) is 24.2 Å². The van der Waals surface area contributed by atoms with E-state index in [1.807, 2.05) is 24.3 Å². The van der Waals surface area contributed by atoms with E-state index in [4.69, 9.17) is 4.74 Å². The molecular weight excluding hydrogens is 264 g/mol. The van der Waals surface area contributed by atoms with Crippen LogP contribution < -0.4 is 15.6 Å². The number of hydrogen-bond acceptors (Lipinski definition) is 3. The molecule has 0 saturated heterocycles. The second kappa shape index (κ2) is 6.31. The minimum atomic E-state index is -0.0504. The molecule has 0 spiro atoms. The third-order valence-electron chi connectivity index (χ3n) is 4.22. The number of nitrogens with one attached hydrogen (secondary N) is 2. The van der Waals surface area contributed by atoms with Crippen LogP contribution in [0.25, 0.3) is 10.8 Å². The molecule has 2 aromatic rings. The molecule has 1 aliphatic rings. The number of H-pyrrole nitrogens is 1. The van der Waals surface area contributed by atoms with E-state index in [0.29, 0.717) is 11.5 Å². The van der Waals surface area contributed by atoms with Crippen LogP contribution in [0, 0.1) is 5.92 Å². The summed E-state index contributed by atoms with van der Waals surface area (Å²) in [7, 11) is 0. The van der Waals surface area contributed by atoms with Gasteiger partial charge in [-0.05, 0) is 67.9 Å². The maximum absolute atomic E-state index is 11.7. The van der Waals surface area contributed by atoms with Gasteiger partial charge in [0.15, 0.2) is 0 Å². The van der Waals surface area contributed by atoms with E-state index in [9.17, 15) is 4.79 Å². The number of fused-ring (bicyclic) bond motifs is 1. The van der Waals surface area contributed by atoms with E-state index in [-0.39, 0.29) is 5.56 Å². The van der Waals surface area contributed by atoms with Crippen LogP contribution in [0.5, 0.6) is 5.75 Å². The summed E-state index contributed by atoms with van der Waals surface area (Å²) in [4.78, 5) is 14.4. The monoisotopic (exact) mass is 286 g/mol. The fourth-order valence-electron chi connectivity index (χ4n) is 3.11. The highest BCUT2D eigenvalue weighted by atomic mass is 16.5. The van der Waals surface area contributed by atoms with Crippen molar-refractivity contribution in [3.63, 3.8) is 0 Å². The molecule has 1 fully saturated rings. The van der Waals surface area contributed by atoms with Crippen LogP contribution in [0.15, 0.2) is 35.3 Å². The van der Waals surface area contributed by atoms with Crippen molar-refractivity contribution in [1.82, 2.24) is 10.3 Å². The molecule has 0 aliphatic heterocycles. The minimum Gasteiger partial charge on any atom is -0.490 e. The average molecular weight is 286 g/mol. The van der Waals surface area contributed by atoms with Crippen LogP contribution in [0.1, 0.15) is 26.2 Å². The second-order valence-electron chi connectivity index (χ2n) is 5.78. The Labute approximate surface area is 124 Å². The fraction of sp³-hybridized carbons (Fsp3) is 0.471. The van der Waals surface area contributed by atoms with Crippen LogP contribution >= 0.6 is 0 Å². The van der Waals surface area contributed by atoms with Crippen molar-refractivity contribution in [2.75, 3.05) is 13.1 Å². The lowest BCUT2D eigenvalue weighted by atomic mass is 10.1. The molecule has 4 heteroatoms. The van der Waals surface area contributed by atoms with Gasteiger partial charge in [0, 0.05) is 11.6 Å². The zero-order chi connectivity index (χ0) is 14.7. The van der Waals surface area contributed by atoms with Gasteiger partial charge in [-0.25, -0.2) is 0 Å². The van der Waals surface area contributed by atoms with Crippen molar-refractivity contribution in [2.45, 2.75) is 32.3 Å². The molecule has 0 unspecified atom stereocenters.